The van der Waals surface area contributed by atoms with Gasteiger partial charge in [0.05, 0.1) is 11.6 Å². The van der Waals surface area contributed by atoms with E-state index in [1.807, 2.05) is 30.3 Å². The normalized spacial score (nSPS) is 16.0. The summed E-state index contributed by atoms with van der Waals surface area (Å²) < 4.78 is 0. The van der Waals surface area contributed by atoms with Crippen LogP contribution in [0, 0.1) is 11.3 Å². The van der Waals surface area contributed by atoms with Gasteiger partial charge in [0.25, 0.3) is 0 Å². The van der Waals surface area contributed by atoms with E-state index in [1.165, 1.54) is 18.4 Å². The van der Waals surface area contributed by atoms with Gasteiger partial charge in [0.1, 0.15) is 0 Å². The van der Waals surface area contributed by atoms with E-state index in [9.17, 15) is 0 Å². The third-order valence-corrected chi connectivity index (χ3v) is 4.77. The smallest absolute Gasteiger partial charge is 0.0991 e. The molecule has 4 heteroatoms. The average Bonchev–Trinajstić information content (AvgIpc) is 3.13. The van der Waals surface area contributed by atoms with Crippen LogP contribution in [0.5, 0.6) is 0 Å². The zero-order valence-electron chi connectivity index (χ0n) is 13.7. The molecule has 1 saturated heterocycles. The Morgan fingerprint density at radius 2 is 1.92 bits per heavy atom. The van der Waals surface area contributed by atoms with Gasteiger partial charge < -0.3 is 5.32 Å². The molecule has 1 heterocycles. The van der Waals surface area contributed by atoms with Crippen molar-refractivity contribution in [2.75, 3.05) is 19.6 Å². The molecule has 1 aliphatic heterocycles. The monoisotopic (exact) mass is 339 g/mol. The molecule has 24 heavy (non-hydrogen) atoms. The summed E-state index contributed by atoms with van der Waals surface area (Å²) in [5, 5.41) is 13.3. The first kappa shape index (κ1) is 17.0. The summed E-state index contributed by atoms with van der Waals surface area (Å²) >= 11 is 6.19. The number of benzene rings is 2. The van der Waals surface area contributed by atoms with Crippen LogP contribution in [0.4, 0.5) is 0 Å². The fourth-order valence-corrected chi connectivity index (χ4v) is 3.53. The molecule has 0 unspecified atom stereocenters. The Morgan fingerprint density at radius 1 is 1.12 bits per heavy atom. The van der Waals surface area contributed by atoms with Gasteiger partial charge in [-0.3, -0.25) is 4.90 Å². The van der Waals surface area contributed by atoms with Crippen molar-refractivity contribution >= 4 is 11.6 Å². The van der Waals surface area contributed by atoms with Gasteiger partial charge >= 0.3 is 0 Å². The highest BCUT2D eigenvalue weighted by Crippen LogP contribution is 2.26. The van der Waals surface area contributed by atoms with Crippen LogP contribution in [0.1, 0.15) is 35.6 Å². The fraction of sp³-hybridized carbons (Fsp3) is 0.350. The van der Waals surface area contributed by atoms with E-state index in [0.29, 0.717) is 11.6 Å². The molecule has 1 atom stereocenters. The average molecular weight is 340 g/mol. The number of hydrogen-bond acceptors (Lipinski definition) is 3. The molecule has 124 valence electrons. The van der Waals surface area contributed by atoms with Crippen LogP contribution in [0.2, 0.25) is 5.02 Å². The Morgan fingerprint density at radius 3 is 2.67 bits per heavy atom. The second kappa shape index (κ2) is 8.30. The summed E-state index contributed by atoms with van der Waals surface area (Å²) in [7, 11) is 0. The highest BCUT2D eigenvalue weighted by molar-refractivity contribution is 6.30. The van der Waals surface area contributed by atoms with E-state index >= 15 is 0 Å². The number of hydrogen-bond donors (Lipinski definition) is 1. The van der Waals surface area contributed by atoms with Gasteiger partial charge in [0.15, 0.2) is 0 Å². The quantitative estimate of drug-likeness (QED) is 0.859. The molecule has 2 aromatic carbocycles. The topological polar surface area (TPSA) is 39.1 Å². The zero-order chi connectivity index (χ0) is 16.8. The molecule has 0 aromatic heterocycles. The molecule has 3 nitrogen and oxygen atoms in total. The van der Waals surface area contributed by atoms with Crippen LogP contribution in [-0.2, 0) is 6.54 Å². The second-order valence-corrected chi connectivity index (χ2v) is 6.69. The summed E-state index contributed by atoms with van der Waals surface area (Å²) in [5.74, 6) is 0. The lowest BCUT2D eigenvalue weighted by Crippen LogP contribution is -2.34. The van der Waals surface area contributed by atoms with E-state index in [4.69, 9.17) is 16.9 Å². The minimum absolute atomic E-state index is 0.338. The predicted molar refractivity (Wildman–Crippen MR) is 97.9 cm³/mol. The molecule has 0 bridgehead atoms. The summed E-state index contributed by atoms with van der Waals surface area (Å²) in [6, 6.07) is 18.5. The van der Waals surface area contributed by atoms with Crippen LogP contribution in [0.3, 0.4) is 0 Å². The Hall–Kier alpha value is -1.86. The van der Waals surface area contributed by atoms with Crippen molar-refractivity contribution in [3.8, 4) is 6.07 Å². The standard InChI is InChI=1S/C20H22ClN3/c21-19-8-4-7-18(12-19)20(24-9-1-2-10-24)15-23-14-17-6-3-5-16(11-17)13-22/h3-8,11-12,20,23H,1-2,9-10,14-15H2/t20-/m1/s1. The van der Waals surface area contributed by atoms with Crippen LogP contribution in [0.15, 0.2) is 48.5 Å². The van der Waals surface area contributed by atoms with E-state index in [-0.39, 0.29) is 0 Å². The van der Waals surface area contributed by atoms with E-state index in [2.05, 4.69) is 34.5 Å². The Labute approximate surface area is 148 Å². The van der Waals surface area contributed by atoms with Crippen LogP contribution >= 0.6 is 11.6 Å². The summed E-state index contributed by atoms with van der Waals surface area (Å²) in [6.45, 7) is 3.92. The maximum atomic E-state index is 9.00. The van der Waals surface area contributed by atoms with Gasteiger partial charge in [-0.25, -0.2) is 0 Å². The predicted octanol–water partition coefficient (Wildman–Crippen LogP) is 4.14. The number of halogens is 1. The van der Waals surface area contributed by atoms with Crippen molar-refractivity contribution in [3.05, 3.63) is 70.2 Å². The molecule has 0 amide bonds. The lowest BCUT2D eigenvalue weighted by atomic mass is 10.1. The molecule has 0 saturated carbocycles. The Kier molecular flexibility index (Phi) is 5.87. The van der Waals surface area contributed by atoms with Crippen molar-refractivity contribution in [3.63, 3.8) is 0 Å². The van der Waals surface area contributed by atoms with Crippen molar-refractivity contribution in [1.82, 2.24) is 10.2 Å². The molecular weight excluding hydrogens is 318 g/mol. The molecule has 2 aromatic rings. The lowest BCUT2D eigenvalue weighted by Gasteiger charge is -2.28. The largest absolute Gasteiger partial charge is 0.311 e. The molecule has 0 aliphatic carbocycles. The van der Waals surface area contributed by atoms with Crippen LogP contribution < -0.4 is 5.32 Å². The number of rotatable bonds is 6. The number of nitrogens with zero attached hydrogens (tertiary/aromatic N) is 2. The van der Waals surface area contributed by atoms with Gasteiger partial charge in [-0.15, -0.1) is 0 Å². The first-order valence-corrected chi connectivity index (χ1v) is 8.83. The number of nitrogens with one attached hydrogen (secondary N) is 1. The molecule has 1 fully saturated rings. The lowest BCUT2D eigenvalue weighted by molar-refractivity contribution is 0.238. The summed E-state index contributed by atoms with van der Waals surface area (Å²) in [6.07, 6.45) is 2.53. The van der Waals surface area contributed by atoms with Crippen LogP contribution in [0.25, 0.3) is 0 Å². The second-order valence-electron chi connectivity index (χ2n) is 6.26. The molecule has 1 aliphatic rings. The van der Waals surface area contributed by atoms with Crippen LogP contribution in [-0.4, -0.2) is 24.5 Å². The third-order valence-electron chi connectivity index (χ3n) is 4.54. The molecule has 1 N–H and O–H groups in total. The maximum Gasteiger partial charge on any atom is 0.0991 e. The highest BCUT2D eigenvalue weighted by atomic mass is 35.5. The molecule has 3 rings (SSSR count). The summed E-state index contributed by atoms with van der Waals surface area (Å²) in [5.41, 5.74) is 3.11. The van der Waals surface area contributed by atoms with E-state index in [1.54, 1.807) is 0 Å². The maximum absolute atomic E-state index is 9.00. The first-order valence-electron chi connectivity index (χ1n) is 8.45. The summed E-state index contributed by atoms with van der Waals surface area (Å²) in [4.78, 5) is 2.53. The number of nitriles is 1. The van der Waals surface area contributed by atoms with Gasteiger partial charge in [0, 0.05) is 24.2 Å². The first-order chi connectivity index (χ1) is 11.8. The van der Waals surface area contributed by atoms with Gasteiger partial charge in [-0.05, 0) is 61.3 Å². The fourth-order valence-electron chi connectivity index (χ4n) is 3.33. The third kappa shape index (κ3) is 4.36. The minimum Gasteiger partial charge on any atom is -0.311 e. The van der Waals surface area contributed by atoms with Gasteiger partial charge in [-0.2, -0.15) is 5.26 Å². The SMILES string of the molecule is N#Cc1cccc(CNC[C@H](c2cccc(Cl)c2)N2CCCC2)c1. The van der Waals surface area contributed by atoms with E-state index < -0.39 is 0 Å². The minimum atomic E-state index is 0.338. The van der Waals surface area contributed by atoms with Crippen molar-refractivity contribution in [2.24, 2.45) is 0 Å². The van der Waals surface area contributed by atoms with Gasteiger partial charge in [0.2, 0.25) is 0 Å². The highest BCUT2D eigenvalue weighted by Gasteiger charge is 2.23. The Bertz CT molecular complexity index is 717. The Balaban J connectivity index is 1.67. The van der Waals surface area contributed by atoms with Gasteiger partial charge in [-0.1, -0.05) is 35.9 Å². The van der Waals surface area contributed by atoms with Crippen molar-refractivity contribution in [2.45, 2.75) is 25.4 Å². The van der Waals surface area contributed by atoms with Crippen molar-refractivity contribution in [1.29, 1.82) is 5.26 Å². The molecular formula is C20H22ClN3. The van der Waals surface area contributed by atoms with E-state index in [0.717, 1.165) is 36.8 Å². The van der Waals surface area contributed by atoms with Crippen molar-refractivity contribution < 1.29 is 0 Å². The molecule has 0 spiro atoms. The zero-order valence-corrected chi connectivity index (χ0v) is 14.5. The number of likely N-dealkylation sites (tertiary alicyclic amines) is 1. The molecule has 0 radical (unpaired) electrons.